The number of carbonyl (C=O) groups is 1. The number of aryl methyl sites for hydroxylation is 1. The van der Waals surface area contributed by atoms with Crippen LogP contribution in [0.2, 0.25) is 0 Å². The van der Waals surface area contributed by atoms with Gasteiger partial charge in [-0.2, -0.15) is 0 Å². The number of guanidine groups is 1. The molecule has 0 spiro atoms. The number of hydrogen-bond acceptors (Lipinski definition) is 2. The van der Waals surface area contributed by atoms with Gasteiger partial charge in [0.25, 0.3) is 0 Å². The molecular formula is C18H28N4O. The van der Waals surface area contributed by atoms with E-state index < -0.39 is 0 Å². The fourth-order valence-corrected chi connectivity index (χ4v) is 2.79. The van der Waals surface area contributed by atoms with Crippen LogP contribution in [0, 0.1) is 6.92 Å². The molecule has 1 unspecified atom stereocenters. The SMILES string of the molecule is CCNC(=NCc1ccccc1C)NC1CCN(C(=O)CC)C1. The van der Waals surface area contributed by atoms with E-state index in [0.717, 1.165) is 32.0 Å². The van der Waals surface area contributed by atoms with Gasteiger partial charge < -0.3 is 15.5 Å². The zero-order chi connectivity index (χ0) is 16.7. The number of rotatable bonds is 5. The van der Waals surface area contributed by atoms with E-state index in [1.807, 2.05) is 24.0 Å². The minimum Gasteiger partial charge on any atom is -0.357 e. The zero-order valence-electron chi connectivity index (χ0n) is 14.4. The third-order valence-electron chi connectivity index (χ3n) is 4.20. The van der Waals surface area contributed by atoms with Gasteiger partial charge in [-0.05, 0) is 31.4 Å². The maximum absolute atomic E-state index is 11.8. The molecule has 0 radical (unpaired) electrons. The molecule has 0 bridgehead atoms. The molecule has 1 aliphatic rings. The van der Waals surface area contributed by atoms with Crippen LogP contribution in [0.3, 0.4) is 0 Å². The normalized spacial score (nSPS) is 18.1. The Morgan fingerprint density at radius 1 is 1.35 bits per heavy atom. The number of nitrogens with one attached hydrogen (secondary N) is 2. The van der Waals surface area contributed by atoms with Crippen molar-refractivity contribution in [1.29, 1.82) is 0 Å². The van der Waals surface area contributed by atoms with Gasteiger partial charge in [0.2, 0.25) is 5.91 Å². The van der Waals surface area contributed by atoms with E-state index in [4.69, 9.17) is 0 Å². The average Bonchev–Trinajstić information content (AvgIpc) is 3.02. The van der Waals surface area contributed by atoms with Crippen molar-refractivity contribution in [3.05, 3.63) is 35.4 Å². The molecule has 5 heteroatoms. The summed E-state index contributed by atoms with van der Waals surface area (Å²) >= 11 is 0. The first-order valence-corrected chi connectivity index (χ1v) is 8.51. The summed E-state index contributed by atoms with van der Waals surface area (Å²) in [6.45, 7) is 9.17. The van der Waals surface area contributed by atoms with E-state index in [0.29, 0.717) is 13.0 Å². The summed E-state index contributed by atoms with van der Waals surface area (Å²) in [5, 5.41) is 6.75. The van der Waals surface area contributed by atoms with Crippen molar-refractivity contribution in [3.63, 3.8) is 0 Å². The van der Waals surface area contributed by atoms with Gasteiger partial charge in [-0.1, -0.05) is 31.2 Å². The van der Waals surface area contributed by atoms with E-state index in [9.17, 15) is 4.79 Å². The van der Waals surface area contributed by atoms with Crippen LogP contribution >= 0.6 is 0 Å². The summed E-state index contributed by atoms with van der Waals surface area (Å²) < 4.78 is 0. The lowest BCUT2D eigenvalue weighted by Crippen LogP contribution is -2.45. The molecule has 1 aromatic rings. The molecule has 0 aliphatic carbocycles. The highest BCUT2D eigenvalue weighted by atomic mass is 16.2. The van der Waals surface area contributed by atoms with Crippen LogP contribution < -0.4 is 10.6 Å². The number of amides is 1. The van der Waals surface area contributed by atoms with Gasteiger partial charge in [-0.15, -0.1) is 0 Å². The molecule has 1 amide bonds. The van der Waals surface area contributed by atoms with Crippen LogP contribution in [0.4, 0.5) is 0 Å². The van der Waals surface area contributed by atoms with E-state index in [1.165, 1.54) is 11.1 Å². The van der Waals surface area contributed by atoms with E-state index in [2.05, 4.69) is 41.6 Å². The summed E-state index contributed by atoms with van der Waals surface area (Å²) in [5.74, 6) is 1.06. The molecular weight excluding hydrogens is 288 g/mol. The maximum Gasteiger partial charge on any atom is 0.222 e. The van der Waals surface area contributed by atoms with Crippen molar-refractivity contribution in [3.8, 4) is 0 Å². The molecule has 0 saturated carbocycles. The van der Waals surface area contributed by atoms with Crippen molar-refractivity contribution in [1.82, 2.24) is 15.5 Å². The largest absolute Gasteiger partial charge is 0.357 e. The number of likely N-dealkylation sites (tertiary alicyclic amines) is 1. The number of nitrogens with zero attached hydrogens (tertiary/aromatic N) is 2. The minimum atomic E-state index is 0.233. The second-order valence-corrected chi connectivity index (χ2v) is 5.94. The Morgan fingerprint density at radius 2 is 2.13 bits per heavy atom. The summed E-state index contributed by atoms with van der Waals surface area (Å²) in [4.78, 5) is 18.4. The second kappa shape index (κ2) is 8.56. The Bertz CT molecular complexity index is 556. The van der Waals surface area contributed by atoms with Crippen LogP contribution in [0.15, 0.2) is 29.3 Å². The van der Waals surface area contributed by atoms with Gasteiger partial charge in [-0.3, -0.25) is 4.79 Å². The molecule has 0 aromatic heterocycles. The fourth-order valence-electron chi connectivity index (χ4n) is 2.79. The lowest BCUT2D eigenvalue weighted by atomic mass is 10.1. The number of aliphatic imine (C=N–C) groups is 1. The summed E-state index contributed by atoms with van der Waals surface area (Å²) in [6.07, 6.45) is 1.55. The van der Waals surface area contributed by atoms with Gasteiger partial charge in [0.15, 0.2) is 5.96 Å². The Hall–Kier alpha value is -2.04. The number of hydrogen-bond donors (Lipinski definition) is 2. The highest BCUT2D eigenvalue weighted by molar-refractivity contribution is 5.80. The van der Waals surface area contributed by atoms with Gasteiger partial charge >= 0.3 is 0 Å². The van der Waals surface area contributed by atoms with Crippen LogP contribution in [-0.2, 0) is 11.3 Å². The lowest BCUT2D eigenvalue weighted by molar-refractivity contribution is -0.129. The van der Waals surface area contributed by atoms with Crippen LogP contribution in [-0.4, -0.2) is 42.4 Å². The predicted molar refractivity (Wildman–Crippen MR) is 94.4 cm³/mol. The Labute approximate surface area is 139 Å². The Kier molecular flexibility index (Phi) is 6.44. The van der Waals surface area contributed by atoms with Gasteiger partial charge in [0.05, 0.1) is 6.54 Å². The maximum atomic E-state index is 11.8. The van der Waals surface area contributed by atoms with Gasteiger partial charge in [-0.25, -0.2) is 4.99 Å². The summed E-state index contributed by atoms with van der Waals surface area (Å²) in [5.41, 5.74) is 2.49. The Balaban J connectivity index is 1.95. The van der Waals surface area contributed by atoms with Crippen molar-refractivity contribution in [2.24, 2.45) is 4.99 Å². The molecule has 1 fully saturated rings. The predicted octanol–water partition coefficient (Wildman–Crippen LogP) is 2.06. The fraction of sp³-hybridized carbons (Fsp3) is 0.556. The third kappa shape index (κ3) is 4.98. The van der Waals surface area contributed by atoms with Crippen LogP contribution in [0.25, 0.3) is 0 Å². The highest BCUT2D eigenvalue weighted by Crippen LogP contribution is 2.11. The standard InChI is InChI=1S/C18H28N4O/c1-4-17(23)22-11-10-16(13-22)21-18(19-5-2)20-12-15-9-7-6-8-14(15)3/h6-9,16H,4-5,10-13H2,1-3H3,(H2,19,20,21). The highest BCUT2D eigenvalue weighted by Gasteiger charge is 2.25. The zero-order valence-corrected chi connectivity index (χ0v) is 14.4. The molecule has 5 nitrogen and oxygen atoms in total. The molecule has 2 rings (SSSR count). The molecule has 1 heterocycles. The second-order valence-electron chi connectivity index (χ2n) is 5.94. The van der Waals surface area contributed by atoms with Crippen molar-refractivity contribution in [2.75, 3.05) is 19.6 Å². The summed E-state index contributed by atoms with van der Waals surface area (Å²) in [6, 6.07) is 8.59. The summed E-state index contributed by atoms with van der Waals surface area (Å²) in [7, 11) is 0. The van der Waals surface area contributed by atoms with E-state index in [-0.39, 0.29) is 11.9 Å². The molecule has 1 aromatic carbocycles. The smallest absolute Gasteiger partial charge is 0.222 e. The van der Waals surface area contributed by atoms with Crippen LogP contribution in [0.1, 0.15) is 37.8 Å². The van der Waals surface area contributed by atoms with Crippen molar-refractivity contribution >= 4 is 11.9 Å². The van der Waals surface area contributed by atoms with Crippen LogP contribution in [0.5, 0.6) is 0 Å². The lowest BCUT2D eigenvalue weighted by Gasteiger charge is -2.18. The molecule has 1 saturated heterocycles. The average molecular weight is 316 g/mol. The molecule has 1 atom stereocenters. The number of benzene rings is 1. The van der Waals surface area contributed by atoms with Crippen molar-refractivity contribution < 1.29 is 4.79 Å². The molecule has 126 valence electrons. The van der Waals surface area contributed by atoms with Crippen molar-refractivity contribution in [2.45, 2.75) is 46.2 Å². The van der Waals surface area contributed by atoms with Gasteiger partial charge in [0.1, 0.15) is 0 Å². The molecule has 1 aliphatic heterocycles. The quantitative estimate of drug-likeness (QED) is 0.646. The first kappa shape index (κ1) is 17.3. The first-order chi connectivity index (χ1) is 11.1. The topological polar surface area (TPSA) is 56.7 Å². The van der Waals surface area contributed by atoms with E-state index >= 15 is 0 Å². The monoisotopic (exact) mass is 316 g/mol. The first-order valence-electron chi connectivity index (χ1n) is 8.51. The van der Waals surface area contributed by atoms with E-state index in [1.54, 1.807) is 0 Å². The minimum absolute atomic E-state index is 0.233. The van der Waals surface area contributed by atoms with Gasteiger partial charge in [0, 0.05) is 32.1 Å². The molecule has 23 heavy (non-hydrogen) atoms. The molecule has 2 N–H and O–H groups in total. The third-order valence-corrected chi connectivity index (χ3v) is 4.20. The number of carbonyl (C=O) groups excluding carboxylic acids is 1. The Morgan fingerprint density at radius 3 is 2.83 bits per heavy atom.